The summed E-state index contributed by atoms with van der Waals surface area (Å²) in [6.45, 7) is 2.26. The van der Waals surface area contributed by atoms with Crippen LogP contribution in [0.3, 0.4) is 0 Å². The summed E-state index contributed by atoms with van der Waals surface area (Å²) in [6, 6.07) is 8.02. The zero-order valence-electron chi connectivity index (χ0n) is 11.9. The van der Waals surface area contributed by atoms with Gasteiger partial charge in [0, 0.05) is 5.56 Å². The Kier molecular flexibility index (Phi) is 3.51. The molecule has 0 bridgehead atoms. The van der Waals surface area contributed by atoms with Crippen LogP contribution in [0.2, 0.25) is 0 Å². The van der Waals surface area contributed by atoms with Gasteiger partial charge in [0.05, 0.1) is 13.0 Å². The Morgan fingerprint density at radius 1 is 1.35 bits per heavy atom. The molecule has 20 heavy (non-hydrogen) atoms. The van der Waals surface area contributed by atoms with Gasteiger partial charge in [-0.3, -0.25) is 4.79 Å². The van der Waals surface area contributed by atoms with Crippen molar-refractivity contribution in [3.05, 3.63) is 35.4 Å². The molecule has 1 unspecified atom stereocenters. The van der Waals surface area contributed by atoms with Gasteiger partial charge in [-0.05, 0) is 50.3 Å². The lowest BCUT2D eigenvalue weighted by Crippen LogP contribution is -2.44. The Morgan fingerprint density at radius 3 is 3.05 bits per heavy atom. The number of esters is 1. The average Bonchev–Trinajstić information content (AvgIpc) is 2.45. The molecule has 1 saturated carbocycles. The van der Waals surface area contributed by atoms with Gasteiger partial charge in [0.2, 0.25) is 0 Å². The largest absolute Gasteiger partial charge is 0.482 e. The highest BCUT2D eigenvalue weighted by atomic mass is 16.5. The Hall–Kier alpha value is -1.77. The summed E-state index contributed by atoms with van der Waals surface area (Å²) >= 11 is 0. The first-order valence-electron chi connectivity index (χ1n) is 7.38. The minimum Gasteiger partial charge on any atom is -0.482 e. The van der Waals surface area contributed by atoms with Gasteiger partial charge in [-0.25, -0.2) is 0 Å². The monoisotopic (exact) mass is 272 g/mol. The molecule has 1 atom stereocenters. The molecule has 1 aromatic carbocycles. The van der Waals surface area contributed by atoms with E-state index in [0.717, 1.165) is 30.6 Å². The second-order valence-electron chi connectivity index (χ2n) is 5.49. The van der Waals surface area contributed by atoms with Crippen LogP contribution in [0.15, 0.2) is 29.8 Å². The molecule has 1 aliphatic heterocycles. The highest BCUT2D eigenvalue weighted by Gasteiger charge is 2.43. The molecule has 1 fully saturated rings. The van der Waals surface area contributed by atoms with E-state index in [1.165, 1.54) is 12.0 Å². The zero-order valence-corrected chi connectivity index (χ0v) is 11.9. The summed E-state index contributed by atoms with van der Waals surface area (Å²) in [7, 11) is 0. The lowest BCUT2D eigenvalue weighted by molar-refractivity contribution is -0.147. The summed E-state index contributed by atoms with van der Waals surface area (Å²) < 4.78 is 11.4. The van der Waals surface area contributed by atoms with E-state index in [0.29, 0.717) is 13.0 Å². The second-order valence-corrected chi connectivity index (χ2v) is 5.49. The van der Waals surface area contributed by atoms with Crippen molar-refractivity contribution in [2.24, 2.45) is 0 Å². The van der Waals surface area contributed by atoms with Crippen LogP contribution >= 0.6 is 0 Å². The fourth-order valence-corrected chi connectivity index (χ4v) is 3.21. The molecule has 0 radical (unpaired) electrons. The van der Waals surface area contributed by atoms with Crippen molar-refractivity contribution in [3.63, 3.8) is 0 Å². The summed E-state index contributed by atoms with van der Waals surface area (Å²) in [5.41, 5.74) is 1.89. The molecule has 0 amide bonds. The van der Waals surface area contributed by atoms with Gasteiger partial charge in [-0.15, -0.1) is 0 Å². The van der Waals surface area contributed by atoms with Gasteiger partial charge >= 0.3 is 5.97 Å². The third kappa shape index (κ3) is 2.33. The third-order valence-corrected chi connectivity index (χ3v) is 4.15. The molecule has 0 N–H and O–H groups in total. The maximum absolute atomic E-state index is 11.9. The number of carbonyl (C=O) groups excluding carboxylic acids is 1. The van der Waals surface area contributed by atoms with E-state index >= 15 is 0 Å². The van der Waals surface area contributed by atoms with Crippen molar-refractivity contribution >= 4 is 12.0 Å². The summed E-state index contributed by atoms with van der Waals surface area (Å²) in [4.78, 5) is 11.9. The van der Waals surface area contributed by atoms with E-state index in [9.17, 15) is 4.79 Å². The average molecular weight is 272 g/mol. The molecule has 3 heteroatoms. The molecule has 3 nitrogen and oxygen atoms in total. The van der Waals surface area contributed by atoms with Crippen molar-refractivity contribution in [1.82, 2.24) is 0 Å². The summed E-state index contributed by atoms with van der Waals surface area (Å²) in [6.07, 6.45) is 6.69. The van der Waals surface area contributed by atoms with Crippen molar-refractivity contribution in [1.29, 1.82) is 0 Å². The van der Waals surface area contributed by atoms with Crippen LogP contribution in [0, 0.1) is 0 Å². The zero-order chi connectivity index (χ0) is 14.0. The standard InChI is InChI=1S/C17H20O3/c1-2-19-16(18)12-17-10-6-5-8-14(17)11-13-7-3-4-9-15(13)20-17/h3-4,7,9,11H,2,5-6,8,10,12H2,1H3. The highest BCUT2D eigenvalue weighted by molar-refractivity contribution is 5.74. The van der Waals surface area contributed by atoms with Crippen LogP contribution in [-0.2, 0) is 9.53 Å². The molecule has 0 spiro atoms. The quantitative estimate of drug-likeness (QED) is 0.786. The molecule has 1 heterocycles. The Balaban J connectivity index is 1.94. The molecule has 0 aromatic heterocycles. The van der Waals surface area contributed by atoms with Gasteiger partial charge in [0.1, 0.15) is 11.4 Å². The predicted octanol–water partition coefficient (Wildman–Crippen LogP) is 3.73. The van der Waals surface area contributed by atoms with Crippen LogP contribution in [0.5, 0.6) is 5.75 Å². The number of fused-ring (bicyclic) bond motifs is 2. The lowest BCUT2D eigenvalue weighted by Gasteiger charge is -2.42. The van der Waals surface area contributed by atoms with Crippen molar-refractivity contribution in [2.45, 2.75) is 44.6 Å². The van der Waals surface area contributed by atoms with Gasteiger partial charge in [0.15, 0.2) is 0 Å². The number of para-hydroxylation sites is 1. The SMILES string of the molecule is CCOC(=O)CC12CCCCC1=Cc1ccccc1O2. The number of carbonyl (C=O) groups is 1. The predicted molar refractivity (Wildman–Crippen MR) is 77.5 cm³/mol. The van der Waals surface area contributed by atoms with Crippen LogP contribution in [0.1, 0.15) is 44.6 Å². The Morgan fingerprint density at radius 2 is 2.20 bits per heavy atom. The van der Waals surface area contributed by atoms with E-state index in [1.54, 1.807) is 0 Å². The number of benzene rings is 1. The van der Waals surface area contributed by atoms with Crippen LogP contribution in [-0.4, -0.2) is 18.2 Å². The Bertz CT molecular complexity index is 547. The molecule has 3 rings (SSSR count). The maximum atomic E-state index is 11.9. The first-order chi connectivity index (χ1) is 9.73. The summed E-state index contributed by atoms with van der Waals surface area (Å²) in [5, 5.41) is 0. The number of ether oxygens (including phenoxy) is 2. The molecule has 1 aromatic rings. The van der Waals surface area contributed by atoms with E-state index in [-0.39, 0.29) is 5.97 Å². The van der Waals surface area contributed by atoms with Crippen LogP contribution in [0.4, 0.5) is 0 Å². The Labute approximate surface area is 119 Å². The topological polar surface area (TPSA) is 35.5 Å². The molecule has 1 aliphatic carbocycles. The summed E-state index contributed by atoms with van der Waals surface area (Å²) in [5.74, 6) is 0.710. The van der Waals surface area contributed by atoms with Crippen LogP contribution < -0.4 is 4.74 Å². The number of hydrogen-bond donors (Lipinski definition) is 0. The number of rotatable bonds is 3. The maximum Gasteiger partial charge on any atom is 0.310 e. The first kappa shape index (κ1) is 13.2. The highest BCUT2D eigenvalue weighted by Crippen LogP contribution is 2.45. The van der Waals surface area contributed by atoms with Gasteiger partial charge in [0.25, 0.3) is 0 Å². The second kappa shape index (κ2) is 5.31. The van der Waals surface area contributed by atoms with Crippen molar-refractivity contribution in [2.75, 3.05) is 6.61 Å². The van der Waals surface area contributed by atoms with Crippen LogP contribution in [0.25, 0.3) is 6.08 Å². The van der Waals surface area contributed by atoms with Gasteiger partial charge in [-0.2, -0.15) is 0 Å². The number of hydrogen-bond acceptors (Lipinski definition) is 3. The molecule has 0 saturated heterocycles. The first-order valence-corrected chi connectivity index (χ1v) is 7.38. The lowest BCUT2D eigenvalue weighted by atomic mass is 9.75. The van der Waals surface area contributed by atoms with E-state index in [4.69, 9.17) is 9.47 Å². The van der Waals surface area contributed by atoms with Crippen molar-refractivity contribution in [3.8, 4) is 5.75 Å². The molecular formula is C17H20O3. The fraction of sp³-hybridized carbons (Fsp3) is 0.471. The third-order valence-electron chi connectivity index (χ3n) is 4.15. The minimum atomic E-state index is -0.473. The van der Waals surface area contributed by atoms with Gasteiger partial charge < -0.3 is 9.47 Å². The van der Waals surface area contributed by atoms with Crippen molar-refractivity contribution < 1.29 is 14.3 Å². The minimum absolute atomic E-state index is 0.167. The van der Waals surface area contributed by atoms with E-state index in [1.807, 2.05) is 25.1 Å². The normalized spacial score (nSPS) is 23.9. The van der Waals surface area contributed by atoms with E-state index < -0.39 is 5.60 Å². The fourth-order valence-electron chi connectivity index (χ4n) is 3.21. The molecule has 2 aliphatic rings. The van der Waals surface area contributed by atoms with E-state index in [2.05, 4.69) is 12.1 Å². The molecule has 106 valence electrons. The smallest absolute Gasteiger partial charge is 0.310 e. The van der Waals surface area contributed by atoms with Gasteiger partial charge in [-0.1, -0.05) is 18.2 Å². The molecular weight excluding hydrogens is 252 g/mol.